The minimum absolute atomic E-state index is 0. The molecular weight excluding hydrogens is 332 g/mol. The highest BCUT2D eigenvalue weighted by atomic mass is 79.9. The summed E-state index contributed by atoms with van der Waals surface area (Å²) in [5.74, 6) is 0.829. The van der Waals surface area contributed by atoms with Gasteiger partial charge >= 0.3 is 0 Å². The van der Waals surface area contributed by atoms with E-state index in [1.165, 1.54) is 0 Å². The molecule has 1 atom stereocenters. The Morgan fingerprint density at radius 2 is 2.21 bits per heavy atom. The summed E-state index contributed by atoms with van der Waals surface area (Å²) in [5.41, 5.74) is 0. The molecule has 0 aliphatic rings. The normalized spacial score (nSPS) is 11.3. The topological polar surface area (TPSA) is 50.4 Å². The number of rotatable bonds is 7. The summed E-state index contributed by atoms with van der Waals surface area (Å²) in [7, 11) is 1.83. The van der Waals surface area contributed by atoms with Crippen molar-refractivity contribution >= 4 is 34.2 Å². The largest absolute Gasteiger partial charge is 0.489 e. The first kappa shape index (κ1) is 18.2. The molecule has 0 heterocycles. The quantitative estimate of drug-likeness (QED) is 0.793. The second-order valence-corrected chi connectivity index (χ2v) is 4.96. The van der Waals surface area contributed by atoms with E-state index >= 15 is 0 Å². The third-order valence-corrected chi connectivity index (χ3v) is 2.82. The predicted octanol–water partition coefficient (Wildman–Crippen LogP) is 2.36. The Morgan fingerprint density at radius 3 is 2.84 bits per heavy atom. The Labute approximate surface area is 128 Å². The van der Waals surface area contributed by atoms with Crippen LogP contribution in [0.5, 0.6) is 5.75 Å². The molecule has 0 spiro atoms. The van der Waals surface area contributed by atoms with Crippen molar-refractivity contribution in [3.05, 3.63) is 28.7 Å². The van der Waals surface area contributed by atoms with Crippen molar-refractivity contribution in [2.45, 2.75) is 19.4 Å². The third-order valence-electron chi connectivity index (χ3n) is 2.32. The zero-order valence-corrected chi connectivity index (χ0v) is 13.5. The predicted molar refractivity (Wildman–Crippen MR) is 83.0 cm³/mol. The molecule has 0 aliphatic heterocycles. The van der Waals surface area contributed by atoms with Gasteiger partial charge < -0.3 is 15.4 Å². The van der Waals surface area contributed by atoms with E-state index in [0.29, 0.717) is 19.5 Å². The van der Waals surface area contributed by atoms with E-state index in [1.54, 1.807) is 0 Å². The van der Waals surface area contributed by atoms with E-state index in [0.717, 1.165) is 10.2 Å². The standard InChI is InChI=1S/C13H19BrN2O2.ClH/c1-10(9-16-13(17)6-7-15-2)18-12-5-3-4-11(14)8-12;/h3-5,8,10,15H,6-7,9H2,1-2H3,(H,16,17);1H. The molecule has 0 fully saturated rings. The van der Waals surface area contributed by atoms with Crippen LogP contribution in [0.1, 0.15) is 13.3 Å². The van der Waals surface area contributed by atoms with Crippen LogP contribution < -0.4 is 15.4 Å². The van der Waals surface area contributed by atoms with Crippen LogP contribution in [0.15, 0.2) is 28.7 Å². The second-order valence-electron chi connectivity index (χ2n) is 4.04. The monoisotopic (exact) mass is 350 g/mol. The number of carbonyl (C=O) groups is 1. The summed E-state index contributed by atoms with van der Waals surface area (Å²) < 4.78 is 6.67. The third kappa shape index (κ3) is 8.08. The van der Waals surface area contributed by atoms with Crippen LogP contribution in [0.25, 0.3) is 0 Å². The van der Waals surface area contributed by atoms with Gasteiger partial charge in [-0.25, -0.2) is 0 Å². The lowest BCUT2D eigenvalue weighted by atomic mass is 10.3. The van der Waals surface area contributed by atoms with Crippen molar-refractivity contribution in [3.8, 4) is 5.75 Å². The van der Waals surface area contributed by atoms with Gasteiger partial charge in [0.15, 0.2) is 0 Å². The second kappa shape index (κ2) is 10.1. The van der Waals surface area contributed by atoms with Gasteiger partial charge in [-0.2, -0.15) is 0 Å². The van der Waals surface area contributed by atoms with Crippen molar-refractivity contribution in [1.29, 1.82) is 0 Å². The fraction of sp³-hybridized carbons (Fsp3) is 0.462. The van der Waals surface area contributed by atoms with Crippen molar-refractivity contribution < 1.29 is 9.53 Å². The zero-order valence-electron chi connectivity index (χ0n) is 11.1. The molecule has 1 aromatic rings. The molecule has 0 aromatic heterocycles. The molecule has 108 valence electrons. The Balaban J connectivity index is 0.00000324. The molecule has 1 rings (SSSR count). The first-order valence-electron chi connectivity index (χ1n) is 5.95. The van der Waals surface area contributed by atoms with Crippen LogP contribution in [0.3, 0.4) is 0 Å². The first-order valence-corrected chi connectivity index (χ1v) is 6.74. The highest BCUT2D eigenvalue weighted by molar-refractivity contribution is 9.10. The lowest BCUT2D eigenvalue weighted by Crippen LogP contribution is -2.34. The van der Waals surface area contributed by atoms with Crippen LogP contribution >= 0.6 is 28.3 Å². The van der Waals surface area contributed by atoms with Gasteiger partial charge in [0.2, 0.25) is 5.91 Å². The first-order chi connectivity index (χ1) is 8.61. The van der Waals surface area contributed by atoms with Crippen molar-refractivity contribution in [2.75, 3.05) is 20.1 Å². The van der Waals surface area contributed by atoms with Crippen molar-refractivity contribution in [1.82, 2.24) is 10.6 Å². The minimum atomic E-state index is -0.0576. The molecule has 6 heteroatoms. The average Bonchev–Trinajstić information content (AvgIpc) is 2.34. The Bertz CT molecular complexity index is 391. The Hall–Kier alpha value is -0.780. The maximum absolute atomic E-state index is 11.4. The van der Waals surface area contributed by atoms with Gasteiger partial charge in [0.05, 0.1) is 6.54 Å². The minimum Gasteiger partial charge on any atom is -0.489 e. The smallest absolute Gasteiger partial charge is 0.221 e. The molecule has 1 amide bonds. The average molecular weight is 352 g/mol. The molecule has 1 aromatic carbocycles. The molecule has 1 unspecified atom stereocenters. The highest BCUT2D eigenvalue weighted by Gasteiger charge is 2.06. The molecule has 4 nitrogen and oxygen atoms in total. The highest BCUT2D eigenvalue weighted by Crippen LogP contribution is 2.18. The lowest BCUT2D eigenvalue weighted by Gasteiger charge is -2.15. The number of carbonyl (C=O) groups excluding carboxylic acids is 1. The van der Waals surface area contributed by atoms with Crippen molar-refractivity contribution in [2.24, 2.45) is 0 Å². The van der Waals surface area contributed by atoms with Crippen LogP contribution in [-0.4, -0.2) is 32.1 Å². The molecule has 0 radical (unpaired) electrons. The van der Waals surface area contributed by atoms with Crippen LogP contribution in [0.2, 0.25) is 0 Å². The van der Waals surface area contributed by atoms with Gasteiger partial charge in [-0.05, 0) is 32.2 Å². The fourth-order valence-corrected chi connectivity index (χ4v) is 1.78. The van der Waals surface area contributed by atoms with E-state index in [1.807, 2.05) is 38.2 Å². The molecule has 2 N–H and O–H groups in total. The van der Waals surface area contributed by atoms with Crippen molar-refractivity contribution in [3.63, 3.8) is 0 Å². The molecule has 0 bridgehead atoms. The van der Waals surface area contributed by atoms with Gasteiger partial charge in [0, 0.05) is 17.4 Å². The molecule has 0 saturated heterocycles. The van der Waals surface area contributed by atoms with Gasteiger partial charge in [-0.15, -0.1) is 12.4 Å². The number of nitrogens with one attached hydrogen (secondary N) is 2. The molecule has 0 aliphatic carbocycles. The Kier molecular flexibility index (Phi) is 9.65. The summed E-state index contributed by atoms with van der Waals surface area (Å²) in [6.45, 7) is 3.13. The Morgan fingerprint density at radius 1 is 1.47 bits per heavy atom. The van der Waals surface area contributed by atoms with Gasteiger partial charge in [-0.3, -0.25) is 4.79 Å². The number of halogens is 2. The molecule has 0 saturated carbocycles. The number of amides is 1. The molecular formula is C13H20BrClN2O2. The number of ether oxygens (including phenoxy) is 1. The summed E-state index contributed by atoms with van der Waals surface area (Å²) in [6, 6.07) is 7.65. The van der Waals surface area contributed by atoms with Gasteiger partial charge in [0.25, 0.3) is 0 Å². The summed E-state index contributed by atoms with van der Waals surface area (Å²) in [4.78, 5) is 11.4. The maximum atomic E-state index is 11.4. The van der Waals surface area contributed by atoms with E-state index in [-0.39, 0.29) is 24.4 Å². The number of hydrogen-bond donors (Lipinski definition) is 2. The summed E-state index contributed by atoms with van der Waals surface area (Å²) in [6.07, 6.45) is 0.429. The van der Waals surface area contributed by atoms with Crippen LogP contribution in [0, 0.1) is 0 Å². The summed E-state index contributed by atoms with van der Waals surface area (Å²) in [5, 5.41) is 5.77. The number of hydrogen-bond acceptors (Lipinski definition) is 3. The van der Waals surface area contributed by atoms with E-state index in [4.69, 9.17) is 4.74 Å². The SMILES string of the molecule is CNCCC(=O)NCC(C)Oc1cccc(Br)c1.Cl. The van der Waals surface area contributed by atoms with E-state index < -0.39 is 0 Å². The zero-order chi connectivity index (χ0) is 13.4. The van der Waals surface area contributed by atoms with Crippen LogP contribution in [-0.2, 0) is 4.79 Å². The number of benzene rings is 1. The lowest BCUT2D eigenvalue weighted by molar-refractivity contribution is -0.121. The maximum Gasteiger partial charge on any atom is 0.221 e. The molecule has 19 heavy (non-hydrogen) atoms. The van der Waals surface area contributed by atoms with E-state index in [2.05, 4.69) is 26.6 Å². The summed E-state index contributed by atoms with van der Waals surface area (Å²) >= 11 is 3.39. The van der Waals surface area contributed by atoms with Gasteiger partial charge in [-0.1, -0.05) is 22.0 Å². The van der Waals surface area contributed by atoms with E-state index in [9.17, 15) is 4.79 Å². The van der Waals surface area contributed by atoms with Crippen LogP contribution in [0.4, 0.5) is 0 Å². The van der Waals surface area contributed by atoms with Gasteiger partial charge in [0.1, 0.15) is 11.9 Å². The fourth-order valence-electron chi connectivity index (χ4n) is 1.40.